The lowest BCUT2D eigenvalue weighted by Gasteiger charge is -2.27. The first kappa shape index (κ1) is 12.3. The van der Waals surface area contributed by atoms with Crippen molar-refractivity contribution in [2.24, 2.45) is 0 Å². The number of nitrogens with zero attached hydrogens (tertiary/aromatic N) is 1. The van der Waals surface area contributed by atoms with Crippen LogP contribution in [-0.2, 0) is 4.74 Å². The highest BCUT2D eigenvalue weighted by Gasteiger charge is 2.48. The standard InChI is InChI=1S/C15H20N2O2/c1-15(2,3)19-14(18)17-11-7-8-12(17)13-9(11)5-4-6-10(13)16/h4-6,11-12H,7-8,16H2,1-3H3/t11-,12+/m1/s1. The molecule has 1 fully saturated rings. The van der Waals surface area contributed by atoms with E-state index in [0.717, 1.165) is 24.1 Å². The number of hydrogen-bond acceptors (Lipinski definition) is 3. The summed E-state index contributed by atoms with van der Waals surface area (Å²) in [6.45, 7) is 5.68. The number of carbonyl (C=O) groups is 1. The van der Waals surface area contributed by atoms with Crippen LogP contribution in [0.1, 0.15) is 56.8 Å². The van der Waals surface area contributed by atoms with Crippen LogP contribution in [0, 0.1) is 0 Å². The first-order valence-electron chi connectivity index (χ1n) is 6.78. The average molecular weight is 260 g/mol. The van der Waals surface area contributed by atoms with Crippen molar-refractivity contribution < 1.29 is 9.53 Å². The summed E-state index contributed by atoms with van der Waals surface area (Å²) in [7, 11) is 0. The Morgan fingerprint density at radius 1 is 1.32 bits per heavy atom. The zero-order chi connectivity index (χ0) is 13.8. The number of hydrogen-bond donors (Lipinski definition) is 1. The molecule has 4 heteroatoms. The van der Waals surface area contributed by atoms with Gasteiger partial charge < -0.3 is 10.5 Å². The van der Waals surface area contributed by atoms with Crippen molar-refractivity contribution in [1.29, 1.82) is 0 Å². The molecule has 0 saturated carbocycles. The Kier molecular flexibility index (Phi) is 2.52. The molecular formula is C15H20N2O2. The van der Waals surface area contributed by atoms with Gasteiger partial charge in [-0.2, -0.15) is 0 Å². The molecule has 0 aromatic heterocycles. The summed E-state index contributed by atoms with van der Waals surface area (Å²) in [5.41, 5.74) is 8.72. The molecule has 4 nitrogen and oxygen atoms in total. The van der Waals surface area contributed by atoms with E-state index in [4.69, 9.17) is 10.5 Å². The minimum absolute atomic E-state index is 0.0936. The van der Waals surface area contributed by atoms with Gasteiger partial charge in [0.1, 0.15) is 5.60 Å². The van der Waals surface area contributed by atoms with Gasteiger partial charge in [-0.3, -0.25) is 4.90 Å². The first-order chi connectivity index (χ1) is 8.88. The van der Waals surface area contributed by atoms with E-state index in [1.54, 1.807) is 0 Å². The highest BCUT2D eigenvalue weighted by Crippen LogP contribution is 2.55. The Morgan fingerprint density at radius 3 is 2.63 bits per heavy atom. The summed E-state index contributed by atoms with van der Waals surface area (Å²) in [6.07, 6.45) is 1.75. The number of rotatable bonds is 0. The summed E-state index contributed by atoms with van der Waals surface area (Å²) >= 11 is 0. The lowest BCUT2D eigenvalue weighted by molar-refractivity contribution is 0.0178. The molecule has 2 N–H and O–H groups in total. The van der Waals surface area contributed by atoms with Gasteiger partial charge in [-0.05, 0) is 45.2 Å². The number of nitrogens with two attached hydrogens (primary N) is 1. The molecule has 0 radical (unpaired) electrons. The predicted octanol–water partition coefficient (Wildman–Crippen LogP) is 3.40. The molecule has 102 valence electrons. The van der Waals surface area contributed by atoms with Gasteiger partial charge in [0.2, 0.25) is 0 Å². The molecule has 2 bridgehead atoms. The van der Waals surface area contributed by atoms with Gasteiger partial charge in [0, 0.05) is 11.3 Å². The van der Waals surface area contributed by atoms with Crippen LogP contribution in [0.3, 0.4) is 0 Å². The molecular weight excluding hydrogens is 240 g/mol. The third kappa shape index (κ3) is 1.86. The van der Waals surface area contributed by atoms with Gasteiger partial charge in [0.25, 0.3) is 0 Å². The highest BCUT2D eigenvalue weighted by molar-refractivity contribution is 5.74. The van der Waals surface area contributed by atoms with E-state index in [9.17, 15) is 4.79 Å². The maximum absolute atomic E-state index is 12.4. The highest BCUT2D eigenvalue weighted by atomic mass is 16.6. The third-order valence-electron chi connectivity index (χ3n) is 3.86. The monoisotopic (exact) mass is 260 g/mol. The number of benzene rings is 1. The molecule has 2 aliphatic rings. The molecule has 1 aromatic rings. The van der Waals surface area contributed by atoms with Gasteiger partial charge in [-0.1, -0.05) is 12.1 Å². The van der Waals surface area contributed by atoms with Gasteiger partial charge in [0.15, 0.2) is 0 Å². The molecule has 3 rings (SSSR count). The number of carbonyl (C=O) groups excluding carboxylic acids is 1. The number of nitrogen functional groups attached to an aromatic ring is 1. The molecule has 1 amide bonds. The van der Waals surface area contributed by atoms with Gasteiger partial charge >= 0.3 is 6.09 Å². The molecule has 2 aliphatic heterocycles. The van der Waals surface area contributed by atoms with Crippen LogP contribution in [0.15, 0.2) is 18.2 Å². The molecule has 1 aromatic carbocycles. The van der Waals surface area contributed by atoms with Gasteiger partial charge in [-0.15, -0.1) is 0 Å². The SMILES string of the molecule is CC(C)(C)OC(=O)N1[C@@H]2CC[C@H]1c1c(N)cccc12. The van der Waals surface area contributed by atoms with Crippen molar-refractivity contribution in [2.45, 2.75) is 51.3 Å². The second kappa shape index (κ2) is 3.89. The first-order valence-corrected chi connectivity index (χ1v) is 6.78. The quantitative estimate of drug-likeness (QED) is 0.727. The average Bonchev–Trinajstić information content (AvgIpc) is 2.83. The number of fused-ring (bicyclic) bond motifs is 5. The van der Waals surface area contributed by atoms with Crippen molar-refractivity contribution in [2.75, 3.05) is 5.73 Å². The molecule has 0 aliphatic carbocycles. The number of ether oxygens (including phenoxy) is 1. The lowest BCUT2D eigenvalue weighted by atomic mass is 9.91. The van der Waals surface area contributed by atoms with E-state index in [1.807, 2.05) is 37.8 Å². The number of amides is 1. The van der Waals surface area contributed by atoms with E-state index < -0.39 is 5.60 Å². The molecule has 0 spiro atoms. The summed E-state index contributed by atoms with van der Waals surface area (Å²) < 4.78 is 5.52. The van der Waals surface area contributed by atoms with E-state index in [-0.39, 0.29) is 18.2 Å². The Morgan fingerprint density at radius 2 is 2.00 bits per heavy atom. The maximum Gasteiger partial charge on any atom is 0.411 e. The maximum atomic E-state index is 12.4. The largest absolute Gasteiger partial charge is 0.444 e. The summed E-state index contributed by atoms with van der Waals surface area (Å²) in [6, 6.07) is 6.18. The minimum atomic E-state index is -0.461. The van der Waals surface area contributed by atoms with E-state index in [1.165, 1.54) is 5.56 Å². The van der Waals surface area contributed by atoms with Crippen LogP contribution in [0.2, 0.25) is 0 Å². The van der Waals surface area contributed by atoms with Crippen LogP contribution >= 0.6 is 0 Å². The smallest absolute Gasteiger partial charge is 0.411 e. The minimum Gasteiger partial charge on any atom is -0.444 e. The molecule has 2 heterocycles. The van der Waals surface area contributed by atoms with E-state index >= 15 is 0 Å². The molecule has 0 unspecified atom stereocenters. The molecule has 2 atom stereocenters. The summed E-state index contributed by atoms with van der Waals surface area (Å²) in [5.74, 6) is 0. The van der Waals surface area contributed by atoms with Crippen molar-refractivity contribution in [3.63, 3.8) is 0 Å². The second-order valence-corrected chi connectivity index (χ2v) is 6.35. The van der Waals surface area contributed by atoms with E-state index in [2.05, 4.69) is 6.07 Å². The van der Waals surface area contributed by atoms with Gasteiger partial charge in [0.05, 0.1) is 12.1 Å². The Labute approximate surface area is 113 Å². The fraction of sp³-hybridized carbons (Fsp3) is 0.533. The Bertz CT molecular complexity index is 533. The van der Waals surface area contributed by atoms with Gasteiger partial charge in [-0.25, -0.2) is 4.79 Å². The van der Waals surface area contributed by atoms with Crippen molar-refractivity contribution in [3.05, 3.63) is 29.3 Å². The molecule has 19 heavy (non-hydrogen) atoms. The third-order valence-corrected chi connectivity index (χ3v) is 3.86. The van der Waals surface area contributed by atoms with Crippen LogP contribution in [-0.4, -0.2) is 16.6 Å². The number of anilines is 1. The van der Waals surface area contributed by atoms with Crippen molar-refractivity contribution in [3.8, 4) is 0 Å². The molecule has 1 saturated heterocycles. The second-order valence-electron chi connectivity index (χ2n) is 6.35. The zero-order valence-corrected chi connectivity index (χ0v) is 11.6. The van der Waals surface area contributed by atoms with Crippen molar-refractivity contribution in [1.82, 2.24) is 4.90 Å². The topological polar surface area (TPSA) is 55.6 Å². The summed E-state index contributed by atoms with van der Waals surface area (Å²) in [4.78, 5) is 14.2. The van der Waals surface area contributed by atoms with Crippen LogP contribution in [0.4, 0.5) is 10.5 Å². The fourth-order valence-corrected chi connectivity index (χ4v) is 3.25. The normalized spacial score (nSPS) is 24.5. The van der Waals surface area contributed by atoms with Crippen LogP contribution < -0.4 is 5.73 Å². The van der Waals surface area contributed by atoms with Crippen LogP contribution in [0.5, 0.6) is 0 Å². The van der Waals surface area contributed by atoms with E-state index in [0.29, 0.717) is 0 Å². The predicted molar refractivity (Wildman–Crippen MR) is 73.6 cm³/mol. The fourth-order valence-electron chi connectivity index (χ4n) is 3.25. The summed E-state index contributed by atoms with van der Waals surface area (Å²) in [5, 5.41) is 0. The lowest BCUT2D eigenvalue weighted by Crippen LogP contribution is -2.34. The van der Waals surface area contributed by atoms with Crippen molar-refractivity contribution >= 4 is 11.8 Å². The Balaban J connectivity index is 1.93. The van der Waals surface area contributed by atoms with Crippen LogP contribution in [0.25, 0.3) is 0 Å². The zero-order valence-electron chi connectivity index (χ0n) is 11.6. The Hall–Kier alpha value is -1.71.